The number of esters is 1. The van der Waals surface area contributed by atoms with Crippen LogP contribution in [0.15, 0.2) is 25.3 Å². The fourth-order valence-electron chi connectivity index (χ4n) is 6.77. The molecule has 4 aliphatic rings. The Morgan fingerprint density at radius 2 is 2.05 bits per heavy atom. The predicted octanol–water partition coefficient (Wildman–Crippen LogP) is 1.56. The number of nitrogens with zero attached hydrogens (tertiary/aromatic N) is 3. The highest BCUT2D eigenvalue weighted by atomic mass is 32.2. The van der Waals surface area contributed by atoms with E-state index in [1.165, 1.54) is 0 Å². The van der Waals surface area contributed by atoms with Gasteiger partial charge in [0.25, 0.3) is 0 Å². The van der Waals surface area contributed by atoms with Crippen LogP contribution in [0.4, 0.5) is 0 Å². The van der Waals surface area contributed by atoms with Crippen LogP contribution < -0.4 is 0 Å². The van der Waals surface area contributed by atoms with E-state index < -0.39 is 28.7 Å². The lowest BCUT2D eigenvalue weighted by Gasteiger charge is -2.41. The topological polar surface area (TPSA) is 99.6 Å². The van der Waals surface area contributed by atoms with Crippen molar-refractivity contribution in [2.24, 2.45) is 17.8 Å². The number of carbonyl (C=O) groups excluding carboxylic acids is 3. The summed E-state index contributed by atoms with van der Waals surface area (Å²) in [5.41, 5.74) is 0. The Kier molecular flexibility index (Phi) is 9.60. The number of morpholine rings is 1. The first kappa shape index (κ1) is 29.1. The Morgan fingerprint density at radius 1 is 1.32 bits per heavy atom. The lowest BCUT2D eigenvalue weighted by atomic mass is 9.66. The summed E-state index contributed by atoms with van der Waals surface area (Å²) in [6.45, 7) is 16.1. The minimum absolute atomic E-state index is 0.0610. The van der Waals surface area contributed by atoms with E-state index >= 15 is 0 Å². The number of hydrogen-bond donors (Lipinski definition) is 1. The maximum Gasteiger partial charge on any atom is 0.310 e. The van der Waals surface area contributed by atoms with Crippen LogP contribution in [-0.4, -0.2) is 119 Å². The monoisotopic (exact) mass is 549 g/mol. The maximum atomic E-state index is 14.4. The van der Waals surface area contributed by atoms with Crippen LogP contribution >= 0.6 is 11.8 Å². The first-order valence-electron chi connectivity index (χ1n) is 13.9. The molecule has 4 fully saturated rings. The number of rotatable bonds is 13. The average molecular weight is 550 g/mol. The van der Waals surface area contributed by atoms with Gasteiger partial charge in [0.1, 0.15) is 6.04 Å². The highest BCUT2D eigenvalue weighted by Gasteiger charge is 2.77. The highest BCUT2D eigenvalue weighted by Crippen LogP contribution is 2.69. The minimum atomic E-state index is -0.754. The summed E-state index contributed by atoms with van der Waals surface area (Å²) in [5.74, 6) is -1.86. The van der Waals surface area contributed by atoms with E-state index in [0.29, 0.717) is 39.3 Å². The summed E-state index contributed by atoms with van der Waals surface area (Å²) < 4.78 is 10.4. The number of thioether (sulfide) groups is 1. The van der Waals surface area contributed by atoms with E-state index in [2.05, 4.69) is 25.0 Å². The van der Waals surface area contributed by atoms with E-state index in [1.807, 2.05) is 0 Å². The first-order valence-corrected chi connectivity index (χ1v) is 14.8. The van der Waals surface area contributed by atoms with E-state index in [0.717, 1.165) is 25.9 Å². The molecule has 4 heterocycles. The van der Waals surface area contributed by atoms with Crippen molar-refractivity contribution >= 4 is 29.5 Å². The van der Waals surface area contributed by atoms with Crippen molar-refractivity contribution in [1.82, 2.24) is 14.7 Å². The van der Waals surface area contributed by atoms with Gasteiger partial charge in [0.2, 0.25) is 11.8 Å². The second-order valence-corrected chi connectivity index (χ2v) is 12.5. The number of fused-ring (bicyclic) bond motifs is 1. The Bertz CT molecular complexity index is 911. The molecule has 4 rings (SSSR count). The van der Waals surface area contributed by atoms with Crippen LogP contribution in [0.3, 0.4) is 0 Å². The van der Waals surface area contributed by atoms with Gasteiger partial charge in [-0.2, -0.15) is 0 Å². The fraction of sp³-hybridized carbons (Fsp3) is 0.750. The molecule has 1 N–H and O–H groups in total. The number of allylic oxidation sites excluding steroid dienone is 1. The molecule has 1 spiro atoms. The zero-order valence-corrected chi connectivity index (χ0v) is 23.6. The van der Waals surface area contributed by atoms with Crippen molar-refractivity contribution in [2.45, 2.75) is 55.2 Å². The average Bonchev–Trinajstić information content (AvgIpc) is 3.52. The maximum absolute atomic E-state index is 14.4. The van der Waals surface area contributed by atoms with Crippen LogP contribution in [-0.2, 0) is 23.9 Å². The number of amides is 2. The number of aliphatic hydroxyl groups excluding tert-OH is 1. The SMILES string of the molecule is C=CCCCOC(=O)[C@@H]1[C@H]2C(=O)N([C@H](C)CO)C(C(=O)N(CC=C)CCN3CCOCC3)C23S[C@@H]1CC3C. The fourth-order valence-corrected chi connectivity index (χ4v) is 9.16. The molecular weight excluding hydrogens is 506 g/mol. The Morgan fingerprint density at radius 3 is 2.71 bits per heavy atom. The van der Waals surface area contributed by atoms with Crippen molar-refractivity contribution in [3.8, 4) is 0 Å². The van der Waals surface area contributed by atoms with Gasteiger partial charge in [-0.3, -0.25) is 19.3 Å². The van der Waals surface area contributed by atoms with Gasteiger partial charge < -0.3 is 24.4 Å². The molecule has 0 aromatic heterocycles. The molecule has 212 valence electrons. The third-order valence-electron chi connectivity index (χ3n) is 8.68. The number of hydrogen-bond acceptors (Lipinski definition) is 8. The second kappa shape index (κ2) is 12.5. The number of likely N-dealkylation sites (tertiary alicyclic amines) is 1. The first-order chi connectivity index (χ1) is 18.3. The van der Waals surface area contributed by atoms with E-state index in [9.17, 15) is 19.5 Å². The largest absolute Gasteiger partial charge is 0.465 e. The molecule has 0 radical (unpaired) electrons. The third kappa shape index (κ3) is 5.17. The molecule has 7 atom stereocenters. The van der Waals surface area contributed by atoms with Gasteiger partial charge in [0.05, 0.1) is 49.1 Å². The molecule has 2 amide bonds. The normalized spacial score (nSPS) is 33.2. The van der Waals surface area contributed by atoms with Crippen LogP contribution in [0.25, 0.3) is 0 Å². The lowest BCUT2D eigenvalue weighted by molar-refractivity contribution is -0.155. The zero-order valence-electron chi connectivity index (χ0n) is 22.8. The van der Waals surface area contributed by atoms with Gasteiger partial charge in [-0.25, -0.2) is 0 Å². The van der Waals surface area contributed by atoms with Gasteiger partial charge in [-0.1, -0.05) is 19.1 Å². The molecule has 0 saturated carbocycles. The van der Waals surface area contributed by atoms with Gasteiger partial charge in [-0.05, 0) is 32.1 Å². The van der Waals surface area contributed by atoms with Crippen LogP contribution in [0.5, 0.6) is 0 Å². The summed E-state index contributed by atoms with van der Waals surface area (Å²) in [7, 11) is 0. The quantitative estimate of drug-likeness (QED) is 0.210. The molecule has 0 aliphatic carbocycles. The summed E-state index contributed by atoms with van der Waals surface area (Å²) >= 11 is 1.63. The van der Waals surface area contributed by atoms with Crippen molar-refractivity contribution in [2.75, 3.05) is 59.2 Å². The van der Waals surface area contributed by atoms with Crippen molar-refractivity contribution < 1.29 is 29.0 Å². The van der Waals surface area contributed by atoms with Crippen LogP contribution in [0.1, 0.15) is 33.1 Å². The highest BCUT2D eigenvalue weighted by molar-refractivity contribution is 8.02. The lowest BCUT2D eigenvalue weighted by Crippen LogP contribution is -2.59. The van der Waals surface area contributed by atoms with Crippen molar-refractivity contribution in [3.05, 3.63) is 25.3 Å². The predicted molar refractivity (Wildman–Crippen MR) is 146 cm³/mol. The molecule has 10 heteroatoms. The molecule has 9 nitrogen and oxygen atoms in total. The summed E-state index contributed by atoms with van der Waals surface area (Å²) in [6.07, 6.45) is 5.70. The van der Waals surface area contributed by atoms with Crippen LogP contribution in [0, 0.1) is 17.8 Å². The standard InChI is InChI=1S/C28H43N3O6S/c1-5-7-8-14-37-27(35)22-21-17-19(3)28(38-21)23(22)25(33)31(20(4)18-32)24(28)26(34)30(9-6-2)11-10-29-12-15-36-16-13-29/h5-6,19-24,32H,1-2,7-18H2,3-4H3/t19?,20-,21-,22+,23+,24?,28?/m1/s1. The second-order valence-electron chi connectivity index (χ2n) is 11.0. The smallest absolute Gasteiger partial charge is 0.310 e. The summed E-state index contributed by atoms with van der Waals surface area (Å²) in [6, 6.07) is -1.30. The molecule has 2 bridgehead atoms. The minimum Gasteiger partial charge on any atom is -0.465 e. The summed E-state index contributed by atoms with van der Waals surface area (Å²) in [4.78, 5) is 47.4. The zero-order chi connectivity index (χ0) is 27.4. The van der Waals surface area contributed by atoms with Crippen LogP contribution in [0.2, 0.25) is 0 Å². The third-order valence-corrected chi connectivity index (χ3v) is 10.8. The molecule has 0 aromatic rings. The Labute approximate surface area is 230 Å². The number of aliphatic hydroxyl groups is 1. The molecule has 4 saturated heterocycles. The molecule has 0 aromatic carbocycles. The van der Waals surface area contributed by atoms with Gasteiger partial charge in [-0.15, -0.1) is 24.9 Å². The van der Waals surface area contributed by atoms with Gasteiger partial charge in [0.15, 0.2) is 0 Å². The van der Waals surface area contributed by atoms with Crippen molar-refractivity contribution in [3.63, 3.8) is 0 Å². The molecule has 38 heavy (non-hydrogen) atoms. The Hall–Kier alpha value is -1.88. The van der Waals surface area contributed by atoms with E-state index in [-0.39, 0.29) is 42.2 Å². The van der Waals surface area contributed by atoms with Crippen molar-refractivity contribution in [1.29, 1.82) is 0 Å². The van der Waals surface area contributed by atoms with E-state index in [1.54, 1.807) is 40.6 Å². The summed E-state index contributed by atoms with van der Waals surface area (Å²) in [5, 5.41) is 10.0. The van der Waals surface area contributed by atoms with Gasteiger partial charge in [0, 0.05) is 38.0 Å². The van der Waals surface area contributed by atoms with Gasteiger partial charge >= 0.3 is 5.97 Å². The molecule has 3 unspecified atom stereocenters. The molecular formula is C28H43N3O6S. The van der Waals surface area contributed by atoms with E-state index in [4.69, 9.17) is 9.47 Å². The number of unbranched alkanes of at least 4 members (excludes halogenated alkanes) is 1. The number of ether oxygens (including phenoxy) is 2. The molecule has 4 aliphatic heterocycles. The Balaban J connectivity index is 1.62. The number of carbonyl (C=O) groups is 3.